The summed E-state index contributed by atoms with van der Waals surface area (Å²) in [5.41, 5.74) is 0.663. The summed E-state index contributed by atoms with van der Waals surface area (Å²) in [6.07, 6.45) is 7.70. The van der Waals surface area contributed by atoms with Gasteiger partial charge in [0.15, 0.2) is 5.82 Å². The van der Waals surface area contributed by atoms with Gasteiger partial charge < -0.3 is 15.3 Å². The molecule has 0 unspecified atom stereocenters. The number of carbonyl (C=O) groups is 1. The van der Waals surface area contributed by atoms with Crippen molar-refractivity contribution in [3.8, 4) is 11.4 Å². The summed E-state index contributed by atoms with van der Waals surface area (Å²) in [4.78, 5) is 28.1. The first-order valence-electron chi connectivity index (χ1n) is 9.93. The fourth-order valence-electron chi connectivity index (χ4n) is 4.30. The lowest BCUT2D eigenvalue weighted by molar-refractivity contribution is -0.122. The minimum absolute atomic E-state index is 0.221. The Hall–Kier alpha value is -3.27. The number of nitrogens with zero attached hydrogens (tertiary/aromatic N) is 5. The summed E-state index contributed by atoms with van der Waals surface area (Å²) in [5, 5.41) is 10.7. The highest BCUT2D eigenvalue weighted by molar-refractivity contribution is 5.90. The number of pyridine rings is 2. The van der Waals surface area contributed by atoms with Crippen LogP contribution in [0.25, 0.3) is 22.3 Å². The highest BCUT2D eigenvalue weighted by Gasteiger charge is 2.57. The van der Waals surface area contributed by atoms with Crippen LogP contribution in [0.5, 0.6) is 0 Å². The summed E-state index contributed by atoms with van der Waals surface area (Å²) in [7, 11) is 0. The summed E-state index contributed by atoms with van der Waals surface area (Å²) < 4.78 is 28.9. The highest BCUT2D eigenvalue weighted by Crippen LogP contribution is 2.48. The quantitative estimate of drug-likeness (QED) is 0.601. The molecule has 2 aliphatic rings. The minimum Gasteiger partial charge on any atom is -0.483 e. The van der Waals surface area contributed by atoms with Crippen LogP contribution in [-0.2, 0) is 4.79 Å². The molecule has 0 atom stereocenters. The number of halogens is 2. The average Bonchev–Trinajstić information content (AvgIpc) is 3.08. The van der Waals surface area contributed by atoms with E-state index in [1.807, 2.05) is 18.2 Å². The van der Waals surface area contributed by atoms with Crippen LogP contribution in [0.15, 0.2) is 43.0 Å². The molecule has 2 aliphatic heterocycles. The Kier molecular flexibility index (Phi) is 5.73. The van der Waals surface area contributed by atoms with Crippen LogP contribution in [0, 0.1) is 5.41 Å². The maximum absolute atomic E-state index is 14.4. The molecule has 5 heterocycles. The average molecular weight is 428 g/mol. The van der Waals surface area contributed by atoms with Crippen LogP contribution in [0.3, 0.4) is 0 Å². The molecule has 0 amide bonds. The van der Waals surface area contributed by atoms with Crippen molar-refractivity contribution >= 4 is 23.2 Å². The van der Waals surface area contributed by atoms with E-state index in [4.69, 9.17) is 14.9 Å². The van der Waals surface area contributed by atoms with E-state index >= 15 is 0 Å². The van der Waals surface area contributed by atoms with Gasteiger partial charge in [0.25, 0.3) is 12.4 Å². The maximum atomic E-state index is 14.4. The number of anilines is 1. The van der Waals surface area contributed by atoms with E-state index in [2.05, 4.69) is 25.2 Å². The summed E-state index contributed by atoms with van der Waals surface area (Å²) >= 11 is 0. The second kappa shape index (κ2) is 8.46. The van der Waals surface area contributed by atoms with E-state index < -0.39 is 11.3 Å². The summed E-state index contributed by atoms with van der Waals surface area (Å²) in [6.45, 7) is 0.995. The molecule has 2 fully saturated rings. The number of piperidine rings is 1. The third-order valence-corrected chi connectivity index (χ3v) is 6.02. The van der Waals surface area contributed by atoms with Gasteiger partial charge in [-0.05, 0) is 31.0 Å². The Morgan fingerprint density at radius 2 is 1.71 bits per heavy atom. The van der Waals surface area contributed by atoms with Crippen molar-refractivity contribution in [3.05, 3.63) is 43.0 Å². The first kappa shape index (κ1) is 21.0. The third kappa shape index (κ3) is 3.90. The minimum atomic E-state index is -2.65. The summed E-state index contributed by atoms with van der Waals surface area (Å²) in [6, 6.07) is 5.60. The number of aromatic nitrogens is 4. The normalized spacial score (nSPS) is 19.1. The smallest absolute Gasteiger partial charge is 0.290 e. The Morgan fingerprint density at radius 1 is 1.03 bits per heavy atom. The molecule has 1 spiro atoms. The fraction of sp³-hybridized carbons (Fsp3) is 0.381. The van der Waals surface area contributed by atoms with Crippen molar-refractivity contribution in [2.24, 2.45) is 5.41 Å². The van der Waals surface area contributed by atoms with Gasteiger partial charge >= 0.3 is 0 Å². The monoisotopic (exact) mass is 428 g/mol. The van der Waals surface area contributed by atoms with Crippen LogP contribution in [-0.4, -0.2) is 63.6 Å². The molecule has 0 aliphatic carbocycles. The molecule has 31 heavy (non-hydrogen) atoms. The first-order chi connectivity index (χ1) is 15.0. The van der Waals surface area contributed by atoms with Crippen LogP contribution in [0.4, 0.5) is 14.6 Å². The third-order valence-electron chi connectivity index (χ3n) is 6.02. The summed E-state index contributed by atoms with van der Waals surface area (Å²) in [5.74, 6) is -1.28. The van der Waals surface area contributed by atoms with Crippen molar-refractivity contribution in [3.63, 3.8) is 0 Å². The van der Waals surface area contributed by atoms with Crippen molar-refractivity contribution < 1.29 is 18.7 Å². The van der Waals surface area contributed by atoms with Gasteiger partial charge in [0.1, 0.15) is 5.82 Å². The van der Waals surface area contributed by atoms with Gasteiger partial charge in [-0.3, -0.25) is 14.8 Å². The lowest BCUT2D eigenvalue weighted by Crippen LogP contribution is -2.49. The second-order valence-electron chi connectivity index (χ2n) is 7.68. The first-order valence-corrected chi connectivity index (χ1v) is 9.93. The molecule has 0 aromatic carbocycles. The lowest BCUT2D eigenvalue weighted by Gasteiger charge is -2.42. The van der Waals surface area contributed by atoms with E-state index in [-0.39, 0.29) is 13.0 Å². The Labute approximate surface area is 177 Å². The van der Waals surface area contributed by atoms with E-state index in [0.717, 1.165) is 22.3 Å². The molecular formula is C21H22F2N6O2. The number of rotatable bonds is 2. The van der Waals surface area contributed by atoms with Gasteiger partial charge in [0.2, 0.25) is 0 Å². The molecule has 5 rings (SSSR count). The van der Waals surface area contributed by atoms with E-state index in [0.29, 0.717) is 38.3 Å². The molecule has 3 aromatic heterocycles. The van der Waals surface area contributed by atoms with Gasteiger partial charge in [-0.15, -0.1) is 0 Å². The van der Waals surface area contributed by atoms with Gasteiger partial charge in [0, 0.05) is 49.2 Å². The number of alkyl halides is 2. The molecule has 2 saturated heterocycles. The molecular weight excluding hydrogens is 406 g/mol. The molecule has 162 valence electrons. The largest absolute Gasteiger partial charge is 0.483 e. The Bertz CT molecular complexity index is 1060. The zero-order chi connectivity index (χ0) is 21.9. The zero-order valence-corrected chi connectivity index (χ0v) is 16.7. The van der Waals surface area contributed by atoms with Gasteiger partial charge in [-0.25, -0.2) is 18.7 Å². The number of nitrogens with one attached hydrogen (secondary N) is 1. The maximum Gasteiger partial charge on any atom is 0.290 e. The predicted molar refractivity (Wildman–Crippen MR) is 111 cm³/mol. The van der Waals surface area contributed by atoms with E-state index in [1.54, 1.807) is 24.8 Å². The molecule has 0 bridgehead atoms. The van der Waals surface area contributed by atoms with Crippen molar-refractivity contribution in [1.29, 1.82) is 0 Å². The zero-order valence-electron chi connectivity index (χ0n) is 16.7. The Balaban J connectivity index is 0.000000730. The standard InChI is InChI=1S/C20H20F2N6.CH2O2/c21-20(22)13-25-12-19(20)4-9-28(10-5-19)18-15-3-8-24-11-16(15)26-17(27-18)14-1-6-23-7-2-14;2-1-3/h1-3,6-8,11,25H,4-5,9-10,12-13H2;1H,(H,2,3). The van der Waals surface area contributed by atoms with Gasteiger partial charge in [-0.2, -0.15) is 0 Å². The topological polar surface area (TPSA) is 104 Å². The van der Waals surface area contributed by atoms with Crippen LogP contribution in [0.2, 0.25) is 0 Å². The number of fused-ring (bicyclic) bond motifs is 1. The molecule has 8 nitrogen and oxygen atoms in total. The van der Waals surface area contributed by atoms with E-state index in [1.165, 1.54) is 0 Å². The number of hydrogen-bond donors (Lipinski definition) is 2. The predicted octanol–water partition coefficient (Wildman–Crippen LogP) is 2.61. The van der Waals surface area contributed by atoms with Gasteiger partial charge in [0.05, 0.1) is 23.7 Å². The van der Waals surface area contributed by atoms with Crippen molar-refractivity contribution in [1.82, 2.24) is 25.3 Å². The molecule has 0 saturated carbocycles. The fourth-order valence-corrected chi connectivity index (χ4v) is 4.30. The molecule has 3 aromatic rings. The van der Waals surface area contributed by atoms with Crippen LogP contribution in [0.1, 0.15) is 12.8 Å². The van der Waals surface area contributed by atoms with E-state index in [9.17, 15) is 8.78 Å². The second-order valence-corrected chi connectivity index (χ2v) is 7.68. The van der Waals surface area contributed by atoms with Crippen LogP contribution >= 0.6 is 0 Å². The highest BCUT2D eigenvalue weighted by atomic mass is 19.3. The SMILES string of the molecule is FC1(F)CNCC12CCN(c1nc(-c3ccncc3)nc3cnccc13)CC2.O=CO. The number of hydrogen-bond acceptors (Lipinski definition) is 7. The molecule has 10 heteroatoms. The Morgan fingerprint density at radius 3 is 2.35 bits per heavy atom. The number of carboxylic acid groups (broad SMARTS) is 1. The lowest BCUT2D eigenvalue weighted by atomic mass is 9.75. The van der Waals surface area contributed by atoms with Gasteiger partial charge in [-0.1, -0.05) is 0 Å². The molecule has 0 radical (unpaired) electrons. The van der Waals surface area contributed by atoms with Crippen LogP contribution < -0.4 is 10.2 Å². The molecule has 2 N–H and O–H groups in total. The van der Waals surface area contributed by atoms with Crippen molar-refractivity contribution in [2.75, 3.05) is 31.1 Å². The van der Waals surface area contributed by atoms with Crippen molar-refractivity contribution in [2.45, 2.75) is 18.8 Å².